The second-order valence-corrected chi connectivity index (χ2v) is 8.25. The van der Waals surface area contributed by atoms with E-state index in [-0.39, 0.29) is 29.3 Å². The second kappa shape index (κ2) is 10.2. The van der Waals surface area contributed by atoms with Crippen molar-refractivity contribution in [1.82, 2.24) is 19.9 Å². The lowest BCUT2D eigenvalue weighted by molar-refractivity contribution is -0.156. The third-order valence-corrected chi connectivity index (χ3v) is 5.70. The van der Waals surface area contributed by atoms with Crippen LogP contribution in [0.4, 0.5) is 18.9 Å². The van der Waals surface area contributed by atoms with E-state index in [4.69, 9.17) is 0 Å². The summed E-state index contributed by atoms with van der Waals surface area (Å²) >= 11 is 0. The van der Waals surface area contributed by atoms with E-state index in [2.05, 4.69) is 20.6 Å². The van der Waals surface area contributed by atoms with Crippen molar-refractivity contribution >= 4 is 28.5 Å². The summed E-state index contributed by atoms with van der Waals surface area (Å²) in [6.45, 7) is 1.67. The molecule has 0 bridgehead atoms. The highest BCUT2D eigenvalue weighted by Crippen LogP contribution is 2.33. The number of halogens is 3. The molecule has 0 saturated carbocycles. The van der Waals surface area contributed by atoms with E-state index < -0.39 is 18.1 Å². The first kappa shape index (κ1) is 24.9. The first-order valence-electron chi connectivity index (χ1n) is 11.3. The van der Waals surface area contributed by atoms with Gasteiger partial charge >= 0.3 is 6.18 Å². The molecule has 0 spiro atoms. The number of hydrogen-bond acceptors (Lipinski definition) is 4. The Hall–Kier alpha value is -4.21. The van der Waals surface area contributed by atoms with Crippen LogP contribution in [0.1, 0.15) is 46.8 Å². The fraction of sp³-hybridized carbons (Fsp3) is 0.231. The molecule has 0 aliphatic heterocycles. The van der Waals surface area contributed by atoms with E-state index >= 15 is 0 Å². The number of anilines is 1. The molecule has 2 amide bonds. The number of fused-ring (bicyclic) bond motifs is 1. The first-order chi connectivity index (χ1) is 17.2. The third-order valence-electron chi connectivity index (χ3n) is 5.70. The van der Waals surface area contributed by atoms with Crippen molar-refractivity contribution in [3.8, 4) is 0 Å². The van der Waals surface area contributed by atoms with E-state index in [0.29, 0.717) is 23.3 Å². The average molecular weight is 496 g/mol. The number of carbonyl (C=O) groups is 2. The number of rotatable bonds is 7. The minimum absolute atomic E-state index is 0.0432. The zero-order valence-electron chi connectivity index (χ0n) is 19.6. The van der Waals surface area contributed by atoms with Crippen LogP contribution < -0.4 is 10.6 Å². The van der Waals surface area contributed by atoms with E-state index in [9.17, 15) is 22.8 Å². The smallest absolute Gasteiger partial charge is 0.335 e. The largest absolute Gasteiger partial charge is 0.414 e. The molecular formula is C26H24F3N5O2. The molecule has 0 aliphatic rings. The number of nitrogens with one attached hydrogen (secondary N) is 2. The zero-order valence-corrected chi connectivity index (χ0v) is 19.6. The summed E-state index contributed by atoms with van der Waals surface area (Å²) in [6.07, 6.45) is -2.90. The number of hydrogen-bond donors (Lipinski definition) is 2. The van der Waals surface area contributed by atoms with Gasteiger partial charge in [-0.15, -0.1) is 0 Å². The van der Waals surface area contributed by atoms with Crippen molar-refractivity contribution < 1.29 is 22.8 Å². The zero-order chi connectivity index (χ0) is 25.9. The minimum atomic E-state index is -4.78. The number of pyridine rings is 1. The number of nitrogens with zero attached hydrogens (tertiary/aromatic N) is 3. The van der Waals surface area contributed by atoms with Crippen molar-refractivity contribution in [3.05, 3.63) is 89.5 Å². The predicted molar refractivity (Wildman–Crippen MR) is 129 cm³/mol. The van der Waals surface area contributed by atoms with E-state index in [1.807, 2.05) is 30.3 Å². The summed E-state index contributed by atoms with van der Waals surface area (Å²) in [5.41, 5.74) is 1.61. The molecule has 10 heteroatoms. The molecule has 36 heavy (non-hydrogen) atoms. The Morgan fingerprint density at radius 1 is 1.06 bits per heavy atom. The fourth-order valence-electron chi connectivity index (χ4n) is 3.91. The lowest BCUT2D eigenvalue weighted by Gasteiger charge is -2.21. The standard InChI is InChI=1S/C26H24F3N5O2/c1-3-22(35)31-17-14-18(25(36)33-24(26(27,28)29)19-11-7-8-12-30-19)23-20(15-17)32-21(34(23)2)13-16-9-5-4-6-10-16/h4-12,14-15,24H,3,13H2,1-2H3,(H,31,35)(H,33,36). The summed E-state index contributed by atoms with van der Waals surface area (Å²) < 4.78 is 43.4. The van der Waals surface area contributed by atoms with Crippen LogP contribution >= 0.6 is 0 Å². The first-order valence-corrected chi connectivity index (χ1v) is 11.3. The van der Waals surface area contributed by atoms with Gasteiger partial charge in [0, 0.05) is 31.8 Å². The topological polar surface area (TPSA) is 88.9 Å². The minimum Gasteiger partial charge on any atom is -0.335 e. The molecule has 2 N–H and O–H groups in total. The van der Waals surface area contributed by atoms with Crippen LogP contribution in [0.15, 0.2) is 66.9 Å². The normalized spacial score (nSPS) is 12.4. The summed E-state index contributed by atoms with van der Waals surface area (Å²) in [6, 6.07) is 14.3. The van der Waals surface area contributed by atoms with Crippen molar-refractivity contribution in [2.75, 3.05) is 5.32 Å². The van der Waals surface area contributed by atoms with E-state index in [1.165, 1.54) is 30.5 Å². The number of imidazole rings is 1. The predicted octanol–water partition coefficient (Wildman–Crippen LogP) is 4.94. The molecule has 2 aromatic carbocycles. The molecule has 0 saturated heterocycles. The van der Waals surface area contributed by atoms with Crippen LogP contribution in [-0.4, -0.2) is 32.5 Å². The summed E-state index contributed by atoms with van der Waals surface area (Å²) in [4.78, 5) is 33.7. The number of alkyl halides is 3. The highest BCUT2D eigenvalue weighted by molar-refractivity contribution is 6.08. The molecule has 7 nitrogen and oxygen atoms in total. The number of aryl methyl sites for hydroxylation is 1. The number of aromatic nitrogens is 3. The molecule has 1 unspecified atom stereocenters. The molecule has 2 heterocycles. The van der Waals surface area contributed by atoms with Crippen LogP contribution in [-0.2, 0) is 18.3 Å². The van der Waals surface area contributed by atoms with Crippen LogP contribution in [0.2, 0.25) is 0 Å². The van der Waals surface area contributed by atoms with Gasteiger partial charge < -0.3 is 15.2 Å². The molecule has 1 atom stereocenters. The quantitative estimate of drug-likeness (QED) is 0.380. The van der Waals surface area contributed by atoms with Gasteiger partial charge in [0.15, 0.2) is 6.04 Å². The Balaban J connectivity index is 1.79. The number of amides is 2. The maximum Gasteiger partial charge on any atom is 0.414 e. The summed E-state index contributed by atoms with van der Waals surface area (Å²) in [7, 11) is 1.70. The van der Waals surface area contributed by atoms with Crippen molar-refractivity contribution in [2.24, 2.45) is 7.05 Å². The van der Waals surface area contributed by atoms with Gasteiger partial charge in [-0.25, -0.2) is 4.98 Å². The number of carbonyl (C=O) groups excluding carboxylic acids is 2. The fourth-order valence-corrected chi connectivity index (χ4v) is 3.91. The van der Waals surface area contributed by atoms with Crippen LogP contribution in [0.5, 0.6) is 0 Å². The van der Waals surface area contributed by atoms with Gasteiger partial charge in [0.2, 0.25) is 5.91 Å². The lowest BCUT2D eigenvalue weighted by Crippen LogP contribution is -2.38. The van der Waals surface area contributed by atoms with E-state index in [1.54, 1.807) is 24.6 Å². The Kier molecular flexibility index (Phi) is 7.05. The average Bonchev–Trinajstić information content (AvgIpc) is 3.17. The van der Waals surface area contributed by atoms with Gasteiger partial charge in [-0.1, -0.05) is 43.3 Å². The van der Waals surface area contributed by atoms with Crippen LogP contribution in [0, 0.1) is 0 Å². The van der Waals surface area contributed by atoms with E-state index in [0.717, 1.165) is 5.56 Å². The maximum absolute atomic E-state index is 13.9. The van der Waals surface area contributed by atoms with Gasteiger partial charge in [0.05, 0.1) is 22.3 Å². The van der Waals surface area contributed by atoms with Gasteiger partial charge in [0.25, 0.3) is 5.91 Å². The maximum atomic E-state index is 13.9. The molecule has 4 aromatic rings. The van der Waals surface area contributed by atoms with Crippen molar-refractivity contribution in [2.45, 2.75) is 32.0 Å². The Bertz CT molecular complexity index is 1390. The molecule has 4 rings (SSSR count). The van der Waals surface area contributed by atoms with Gasteiger partial charge in [0.1, 0.15) is 5.82 Å². The molecule has 2 aromatic heterocycles. The Morgan fingerprint density at radius 3 is 2.42 bits per heavy atom. The van der Waals surface area contributed by atoms with Crippen molar-refractivity contribution in [3.63, 3.8) is 0 Å². The third kappa shape index (κ3) is 5.37. The lowest BCUT2D eigenvalue weighted by atomic mass is 10.1. The SMILES string of the molecule is CCC(=O)Nc1cc(C(=O)NC(c2ccccn2)C(F)(F)F)c2c(c1)nc(Cc1ccccc1)n2C. The number of benzene rings is 2. The molecular weight excluding hydrogens is 471 g/mol. The molecule has 0 radical (unpaired) electrons. The van der Waals surface area contributed by atoms with Crippen LogP contribution in [0.3, 0.4) is 0 Å². The summed E-state index contributed by atoms with van der Waals surface area (Å²) in [5, 5.41) is 4.75. The van der Waals surface area contributed by atoms with Gasteiger partial charge in [-0.2, -0.15) is 13.2 Å². The Labute approximate surface area is 205 Å². The van der Waals surface area contributed by atoms with Gasteiger partial charge in [-0.05, 0) is 29.8 Å². The highest BCUT2D eigenvalue weighted by Gasteiger charge is 2.43. The summed E-state index contributed by atoms with van der Waals surface area (Å²) in [5.74, 6) is -0.654. The molecule has 0 fully saturated rings. The second-order valence-electron chi connectivity index (χ2n) is 8.25. The molecule has 186 valence electrons. The highest BCUT2D eigenvalue weighted by atomic mass is 19.4. The Morgan fingerprint density at radius 2 is 1.78 bits per heavy atom. The van der Waals surface area contributed by atoms with Crippen molar-refractivity contribution in [1.29, 1.82) is 0 Å². The van der Waals surface area contributed by atoms with Crippen LogP contribution in [0.25, 0.3) is 11.0 Å². The molecule has 0 aliphatic carbocycles. The monoisotopic (exact) mass is 495 g/mol. The van der Waals surface area contributed by atoms with Gasteiger partial charge in [-0.3, -0.25) is 14.6 Å².